The van der Waals surface area contributed by atoms with E-state index in [9.17, 15) is 19.2 Å². The largest absolute Gasteiger partial charge is 0.368 e. The molecule has 0 spiro atoms. The van der Waals surface area contributed by atoms with E-state index in [1.54, 1.807) is 0 Å². The maximum absolute atomic E-state index is 11.7. The first-order valence-corrected chi connectivity index (χ1v) is 4.50. The molecular formula is C9H11N3O4. The predicted molar refractivity (Wildman–Crippen MR) is 55.2 cm³/mol. The number of aromatic amines is 1. The molecule has 16 heavy (non-hydrogen) atoms. The van der Waals surface area contributed by atoms with Crippen LogP contribution in [-0.4, -0.2) is 21.2 Å². The number of carbonyl (C=O) groups is 2. The van der Waals surface area contributed by atoms with Crippen LogP contribution in [0.4, 0.5) is 0 Å². The van der Waals surface area contributed by atoms with Crippen LogP contribution >= 0.6 is 0 Å². The molecule has 0 aliphatic heterocycles. The molecule has 1 aromatic heterocycles. The lowest BCUT2D eigenvalue weighted by Gasteiger charge is -2.10. The maximum atomic E-state index is 11.7. The Hall–Kier alpha value is -2.18. The second kappa shape index (κ2) is 4.13. The van der Waals surface area contributed by atoms with E-state index in [0.29, 0.717) is 4.57 Å². The van der Waals surface area contributed by atoms with Crippen LogP contribution in [0.5, 0.6) is 0 Å². The molecule has 3 N–H and O–H groups in total. The summed E-state index contributed by atoms with van der Waals surface area (Å²) in [5, 5.41) is 0. The van der Waals surface area contributed by atoms with Gasteiger partial charge in [0.25, 0.3) is 5.56 Å². The van der Waals surface area contributed by atoms with Gasteiger partial charge in [-0.3, -0.25) is 14.4 Å². The van der Waals surface area contributed by atoms with E-state index in [4.69, 9.17) is 5.73 Å². The second-order valence-corrected chi connectivity index (χ2v) is 3.32. The quantitative estimate of drug-likeness (QED) is 0.627. The highest BCUT2D eigenvalue weighted by Crippen LogP contribution is 1.97. The molecule has 1 rings (SSSR count). The summed E-state index contributed by atoms with van der Waals surface area (Å²) >= 11 is 0. The lowest BCUT2D eigenvalue weighted by atomic mass is 10.2. The number of hydrogen-bond donors (Lipinski definition) is 2. The van der Waals surface area contributed by atoms with Gasteiger partial charge in [0.1, 0.15) is 6.04 Å². The van der Waals surface area contributed by atoms with Crippen molar-refractivity contribution >= 4 is 11.7 Å². The smallest absolute Gasteiger partial charge is 0.329 e. The van der Waals surface area contributed by atoms with Gasteiger partial charge >= 0.3 is 5.69 Å². The normalized spacial score (nSPS) is 12.1. The van der Waals surface area contributed by atoms with Crippen molar-refractivity contribution in [2.45, 2.75) is 19.9 Å². The van der Waals surface area contributed by atoms with Crippen LogP contribution in [0.1, 0.15) is 30.2 Å². The standard InChI is InChI=1S/C9H11N3O4/c1-4(7(10)14)12-8(15)6(5(2)13)3-11-9(12)16/h3-4H,1-2H3,(H2,10,14)(H,11,16). The molecule has 0 aromatic carbocycles. The average molecular weight is 225 g/mol. The number of hydrogen-bond acceptors (Lipinski definition) is 4. The lowest BCUT2D eigenvalue weighted by Crippen LogP contribution is -2.43. The van der Waals surface area contributed by atoms with Crippen LogP contribution in [0, 0.1) is 0 Å². The van der Waals surface area contributed by atoms with Crippen molar-refractivity contribution in [1.82, 2.24) is 9.55 Å². The van der Waals surface area contributed by atoms with Crippen LogP contribution in [-0.2, 0) is 4.79 Å². The fourth-order valence-electron chi connectivity index (χ4n) is 1.22. The Morgan fingerprint density at radius 2 is 2.00 bits per heavy atom. The number of aromatic nitrogens is 2. The molecule has 0 aliphatic rings. The van der Waals surface area contributed by atoms with Crippen molar-refractivity contribution in [3.63, 3.8) is 0 Å². The van der Waals surface area contributed by atoms with Gasteiger partial charge in [-0.25, -0.2) is 9.36 Å². The van der Waals surface area contributed by atoms with E-state index in [2.05, 4.69) is 4.98 Å². The summed E-state index contributed by atoms with van der Waals surface area (Å²) < 4.78 is 0.624. The molecule has 1 atom stereocenters. The van der Waals surface area contributed by atoms with Crippen molar-refractivity contribution in [3.8, 4) is 0 Å². The number of nitrogens with zero attached hydrogens (tertiary/aromatic N) is 1. The molecule has 7 heteroatoms. The number of amides is 1. The topological polar surface area (TPSA) is 115 Å². The molecular weight excluding hydrogens is 214 g/mol. The monoisotopic (exact) mass is 225 g/mol. The van der Waals surface area contributed by atoms with E-state index in [1.165, 1.54) is 13.8 Å². The zero-order valence-electron chi connectivity index (χ0n) is 8.81. The minimum atomic E-state index is -1.10. The van der Waals surface area contributed by atoms with Crippen LogP contribution < -0.4 is 17.0 Å². The van der Waals surface area contributed by atoms with Crippen molar-refractivity contribution in [2.24, 2.45) is 5.73 Å². The molecule has 1 heterocycles. The third-order valence-electron chi connectivity index (χ3n) is 2.19. The molecule has 0 saturated carbocycles. The highest BCUT2D eigenvalue weighted by molar-refractivity contribution is 5.93. The third-order valence-corrected chi connectivity index (χ3v) is 2.19. The molecule has 1 aromatic rings. The summed E-state index contributed by atoms with van der Waals surface area (Å²) in [7, 11) is 0. The molecule has 86 valence electrons. The van der Waals surface area contributed by atoms with Crippen LogP contribution in [0.25, 0.3) is 0 Å². The minimum absolute atomic E-state index is 0.187. The Bertz CT molecular complexity index is 555. The van der Waals surface area contributed by atoms with Gasteiger partial charge in [0, 0.05) is 6.20 Å². The highest BCUT2D eigenvalue weighted by atomic mass is 16.2. The number of nitrogens with two attached hydrogens (primary N) is 1. The van der Waals surface area contributed by atoms with Gasteiger partial charge < -0.3 is 10.7 Å². The number of nitrogens with one attached hydrogen (secondary N) is 1. The van der Waals surface area contributed by atoms with E-state index in [0.717, 1.165) is 6.20 Å². The Balaban J connectivity index is 3.56. The van der Waals surface area contributed by atoms with Gasteiger partial charge in [-0.05, 0) is 13.8 Å². The first-order chi connectivity index (χ1) is 7.36. The third kappa shape index (κ3) is 1.92. The Kier molecular flexibility index (Phi) is 3.07. The van der Waals surface area contributed by atoms with Crippen molar-refractivity contribution in [2.75, 3.05) is 0 Å². The zero-order valence-corrected chi connectivity index (χ0v) is 8.81. The predicted octanol–water partition coefficient (Wildman–Crippen LogP) is -1.21. The molecule has 0 fully saturated rings. The minimum Gasteiger partial charge on any atom is -0.368 e. The summed E-state index contributed by atoms with van der Waals surface area (Å²) in [5.41, 5.74) is 3.21. The van der Waals surface area contributed by atoms with Gasteiger partial charge in [-0.15, -0.1) is 0 Å². The first-order valence-electron chi connectivity index (χ1n) is 4.50. The van der Waals surface area contributed by atoms with Gasteiger partial charge in [0.05, 0.1) is 5.56 Å². The summed E-state index contributed by atoms with van der Waals surface area (Å²) in [6.45, 7) is 2.50. The molecule has 0 bridgehead atoms. The van der Waals surface area contributed by atoms with Crippen LogP contribution in [0.2, 0.25) is 0 Å². The van der Waals surface area contributed by atoms with Gasteiger partial charge in [-0.2, -0.15) is 0 Å². The number of primary amides is 1. The van der Waals surface area contributed by atoms with Gasteiger partial charge in [-0.1, -0.05) is 0 Å². The fraction of sp³-hybridized carbons (Fsp3) is 0.333. The molecule has 7 nitrogen and oxygen atoms in total. The number of H-pyrrole nitrogens is 1. The molecule has 0 radical (unpaired) electrons. The van der Waals surface area contributed by atoms with Crippen LogP contribution in [0.3, 0.4) is 0 Å². The zero-order chi connectivity index (χ0) is 12.5. The SMILES string of the molecule is CC(=O)c1c[nH]c(=O)n(C(C)C(N)=O)c1=O. The highest BCUT2D eigenvalue weighted by Gasteiger charge is 2.18. The van der Waals surface area contributed by atoms with Crippen molar-refractivity contribution in [3.05, 3.63) is 32.6 Å². The fourth-order valence-corrected chi connectivity index (χ4v) is 1.22. The summed E-state index contributed by atoms with van der Waals surface area (Å²) in [6, 6.07) is -1.10. The van der Waals surface area contributed by atoms with E-state index < -0.39 is 29.0 Å². The van der Waals surface area contributed by atoms with Gasteiger partial charge in [0.2, 0.25) is 5.91 Å². The molecule has 1 unspecified atom stereocenters. The van der Waals surface area contributed by atoms with E-state index in [-0.39, 0.29) is 5.56 Å². The molecule has 1 amide bonds. The number of carbonyl (C=O) groups excluding carboxylic acids is 2. The van der Waals surface area contributed by atoms with Crippen LogP contribution in [0.15, 0.2) is 15.8 Å². The summed E-state index contributed by atoms with van der Waals surface area (Å²) in [6.07, 6.45) is 1.03. The Labute approximate surface area is 89.9 Å². The lowest BCUT2D eigenvalue weighted by molar-refractivity contribution is -0.120. The summed E-state index contributed by atoms with van der Waals surface area (Å²) in [4.78, 5) is 47.2. The van der Waals surface area contributed by atoms with E-state index in [1.807, 2.05) is 0 Å². The number of rotatable bonds is 3. The summed E-state index contributed by atoms with van der Waals surface area (Å²) in [5.74, 6) is -1.32. The average Bonchev–Trinajstić information content (AvgIpc) is 2.16. The molecule has 0 aliphatic carbocycles. The van der Waals surface area contributed by atoms with Crippen molar-refractivity contribution in [1.29, 1.82) is 0 Å². The Morgan fingerprint density at radius 1 is 1.44 bits per heavy atom. The van der Waals surface area contributed by atoms with Gasteiger partial charge in [0.15, 0.2) is 5.78 Å². The maximum Gasteiger partial charge on any atom is 0.329 e. The van der Waals surface area contributed by atoms with E-state index >= 15 is 0 Å². The molecule has 0 saturated heterocycles. The number of Topliss-reactive ketones (excluding diaryl/α,β-unsaturated/α-hetero) is 1. The first kappa shape index (κ1) is 11.9. The Morgan fingerprint density at radius 3 is 2.44 bits per heavy atom. The number of ketones is 1. The second-order valence-electron chi connectivity index (χ2n) is 3.32. The van der Waals surface area contributed by atoms with Crippen molar-refractivity contribution < 1.29 is 9.59 Å².